The van der Waals surface area contributed by atoms with E-state index in [-0.39, 0.29) is 11.4 Å². The summed E-state index contributed by atoms with van der Waals surface area (Å²) >= 11 is 0. The van der Waals surface area contributed by atoms with E-state index < -0.39 is 10.0 Å². The molecule has 7 nitrogen and oxygen atoms in total. The van der Waals surface area contributed by atoms with Gasteiger partial charge in [-0.2, -0.15) is 5.10 Å². The molecule has 0 radical (unpaired) electrons. The first-order chi connectivity index (χ1) is 7.59. The van der Waals surface area contributed by atoms with Crippen LogP contribution in [0.15, 0.2) is 23.6 Å². The number of nitrogens with one attached hydrogen (secondary N) is 3. The first-order valence-corrected chi connectivity index (χ1v) is 6.05. The van der Waals surface area contributed by atoms with E-state index in [2.05, 4.69) is 24.9 Å². The second-order valence-corrected chi connectivity index (χ2v) is 5.00. The van der Waals surface area contributed by atoms with Gasteiger partial charge in [-0.1, -0.05) is 0 Å². The molecule has 0 bridgehead atoms. The van der Waals surface area contributed by atoms with E-state index in [0.29, 0.717) is 11.4 Å². The lowest BCUT2D eigenvalue weighted by Crippen LogP contribution is -2.23. The average Bonchev–Trinajstić information content (AvgIpc) is 2.85. The van der Waals surface area contributed by atoms with Crippen LogP contribution in [0.1, 0.15) is 11.4 Å². The van der Waals surface area contributed by atoms with Gasteiger partial charge in [0.15, 0.2) is 0 Å². The van der Waals surface area contributed by atoms with E-state index in [0.717, 1.165) is 0 Å². The maximum atomic E-state index is 11.8. The average molecular weight is 241 g/mol. The van der Waals surface area contributed by atoms with Gasteiger partial charge in [0.2, 0.25) is 10.0 Å². The summed E-state index contributed by atoms with van der Waals surface area (Å²) in [6.07, 6.45) is 4.34. The number of aromatic nitrogens is 4. The highest BCUT2D eigenvalue weighted by Crippen LogP contribution is 2.10. The number of rotatable bonds is 4. The Morgan fingerprint density at radius 2 is 2.25 bits per heavy atom. The highest BCUT2D eigenvalue weighted by atomic mass is 32.2. The van der Waals surface area contributed by atoms with Crippen molar-refractivity contribution in [3.63, 3.8) is 0 Å². The molecule has 0 aliphatic heterocycles. The summed E-state index contributed by atoms with van der Waals surface area (Å²) in [6, 6.07) is 0. The van der Waals surface area contributed by atoms with Crippen LogP contribution in [0.5, 0.6) is 0 Å². The van der Waals surface area contributed by atoms with Gasteiger partial charge in [-0.3, -0.25) is 5.10 Å². The predicted octanol–water partition coefficient (Wildman–Crippen LogP) is -0.0803. The fraction of sp³-hybridized carbons (Fsp3) is 0.250. The molecule has 0 amide bonds. The minimum absolute atomic E-state index is 0.159. The van der Waals surface area contributed by atoms with Crippen molar-refractivity contribution in [2.24, 2.45) is 0 Å². The van der Waals surface area contributed by atoms with E-state index >= 15 is 0 Å². The molecule has 2 aromatic heterocycles. The van der Waals surface area contributed by atoms with E-state index in [1.807, 2.05) is 0 Å². The molecule has 0 aromatic carbocycles. The summed E-state index contributed by atoms with van der Waals surface area (Å²) in [5.74, 6) is 0. The molecule has 0 saturated carbocycles. The quantitative estimate of drug-likeness (QED) is 0.696. The third-order valence-corrected chi connectivity index (χ3v) is 3.60. The molecule has 8 heteroatoms. The lowest BCUT2D eigenvalue weighted by molar-refractivity contribution is 0.580. The van der Waals surface area contributed by atoms with Crippen molar-refractivity contribution in [2.75, 3.05) is 0 Å². The molecule has 86 valence electrons. The Balaban J connectivity index is 2.13. The molecule has 2 aromatic rings. The summed E-state index contributed by atoms with van der Waals surface area (Å²) in [5, 5.41) is 6.25. The second kappa shape index (κ2) is 4.06. The predicted molar refractivity (Wildman–Crippen MR) is 55.9 cm³/mol. The van der Waals surface area contributed by atoms with Crippen molar-refractivity contribution >= 4 is 10.0 Å². The zero-order valence-corrected chi connectivity index (χ0v) is 9.37. The number of H-pyrrole nitrogens is 2. The summed E-state index contributed by atoms with van der Waals surface area (Å²) in [4.78, 5) is 6.76. The minimum atomic E-state index is -3.52. The molecule has 16 heavy (non-hydrogen) atoms. The monoisotopic (exact) mass is 241 g/mol. The lowest BCUT2D eigenvalue weighted by atomic mass is 10.5. The van der Waals surface area contributed by atoms with Gasteiger partial charge in [-0.05, 0) is 6.92 Å². The van der Waals surface area contributed by atoms with E-state index in [9.17, 15) is 8.42 Å². The normalized spacial score (nSPS) is 11.8. The highest BCUT2D eigenvalue weighted by Gasteiger charge is 2.18. The summed E-state index contributed by atoms with van der Waals surface area (Å²) in [7, 11) is -3.52. The zero-order valence-electron chi connectivity index (χ0n) is 8.56. The van der Waals surface area contributed by atoms with Crippen LogP contribution >= 0.6 is 0 Å². The van der Waals surface area contributed by atoms with Crippen molar-refractivity contribution in [2.45, 2.75) is 18.4 Å². The van der Waals surface area contributed by atoms with Gasteiger partial charge >= 0.3 is 0 Å². The van der Waals surface area contributed by atoms with E-state index in [1.165, 1.54) is 12.5 Å². The van der Waals surface area contributed by atoms with Crippen LogP contribution < -0.4 is 4.72 Å². The summed E-state index contributed by atoms with van der Waals surface area (Å²) in [6.45, 7) is 1.82. The van der Waals surface area contributed by atoms with Crippen LogP contribution in [-0.4, -0.2) is 28.6 Å². The Hall–Kier alpha value is -1.67. The molecule has 0 spiro atoms. The standard InChI is InChI=1S/C8H11N5O2S/c1-6-8(4-11-13-6)16(14,15)12-3-7-2-9-5-10-7/h2,4-5,12H,3H2,1H3,(H,9,10)(H,11,13). The molecule has 2 rings (SSSR count). The van der Waals surface area contributed by atoms with Crippen molar-refractivity contribution in [3.8, 4) is 0 Å². The molecule has 2 heterocycles. The molecule has 3 N–H and O–H groups in total. The third kappa shape index (κ3) is 2.12. The Labute approximate surface area is 92.4 Å². The Morgan fingerprint density at radius 1 is 1.44 bits per heavy atom. The van der Waals surface area contributed by atoms with Crippen molar-refractivity contribution < 1.29 is 8.42 Å². The number of imidazole rings is 1. The largest absolute Gasteiger partial charge is 0.347 e. The molecule has 0 unspecified atom stereocenters. The van der Waals surface area contributed by atoms with Gasteiger partial charge in [-0.25, -0.2) is 18.1 Å². The van der Waals surface area contributed by atoms with Crippen molar-refractivity contribution in [3.05, 3.63) is 30.1 Å². The third-order valence-electron chi connectivity index (χ3n) is 2.08. The van der Waals surface area contributed by atoms with Crippen molar-refractivity contribution in [1.82, 2.24) is 24.9 Å². The van der Waals surface area contributed by atoms with Gasteiger partial charge in [0.1, 0.15) is 4.90 Å². The number of nitrogens with zero attached hydrogens (tertiary/aromatic N) is 2. The van der Waals surface area contributed by atoms with E-state index in [4.69, 9.17) is 0 Å². The van der Waals surface area contributed by atoms with Gasteiger partial charge in [0.25, 0.3) is 0 Å². The number of aromatic amines is 2. The molecule has 0 atom stereocenters. The van der Waals surface area contributed by atoms with Crippen LogP contribution in [0.2, 0.25) is 0 Å². The number of hydrogen-bond acceptors (Lipinski definition) is 4. The molecular weight excluding hydrogens is 230 g/mol. The molecule has 0 saturated heterocycles. The molecule has 0 aliphatic carbocycles. The van der Waals surface area contributed by atoms with Gasteiger partial charge in [0.05, 0.1) is 24.8 Å². The van der Waals surface area contributed by atoms with Crippen LogP contribution in [0.3, 0.4) is 0 Å². The van der Waals surface area contributed by atoms with Gasteiger partial charge in [0, 0.05) is 11.9 Å². The lowest BCUT2D eigenvalue weighted by Gasteiger charge is -2.03. The fourth-order valence-electron chi connectivity index (χ4n) is 1.24. The smallest absolute Gasteiger partial charge is 0.244 e. The Bertz CT molecular complexity index is 557. The summed E-state index contributed by atoms with van der Waals surface area (Å²) < 4.78 is 26.1. The van der Waals surface area contributed by atoms with Gasteiger partial charge < -0.3 is 4.98 Å². The highest BCUT2D eigenvalue weighted by molar-refractivity contribution is 7.89. The fourth-order valence-corrected chi connectivity index (χ4v) is 2.38. The number of hydrogen-bond donors (Lipinski definition) is 3. The minimum Gasteiger partial charge on any atom is -0.347 e. The van der Waals surface area contributed by atoms with Crippen molar-refractivity contribution in [1.29, 1.82) is 0 Å². The maximum absolute atomic E-state index is 11.8. The Kier molecular flexibility index (Phi) is 2.75. The first-order valence-electron chi connectivity index (χ1n) is 4.56. The maximum Gasteiger partial charge on any atom is 0.244 e. The first kappa shape index (κ1) is 10.8. The second-order valence-electron chi connectivity index (χ2n) is 3.26. The van der Waals surface area contributed by atoms with Crippen LogP contribution in [0.4, 0.5) is 0 Å². The van der Waals surface area contributed by atoms with E-state index in [1.54, 1.807) is 13.1 Å². The van der Waals surface area contributed by atoms with Crippen LogP contribution in [0.25, 0.3) is 0 Å². The number of sulfonamides is 1. The SMILES string of the molecule is Cc1[nH]ncc1S(=O)(=O)NCc1cnc[nH]1. The van der Waals surface area contributed by atoms with Crippen LogP contribution in [-0.2, 0) is 16.6 Å². The van der Waals surface area contributed by atoms with Gasteiger partial charge in [-0.15, -0.1) is 0 Å². The summed E-state index contributed by atoms with van der Waals surface area (Å²) in [5.41, 5.74) is 1.21. The van der Waals surface area contributed by atoms with Crippen LogP contribution in [0, 0.1) is 6.92 Å². The number of aryl methyl sites for hydroxylation is 1. The molecule has 0 aliphatic rings. The molecule has 0 fully saturated rings. The topological polar surface area (TPSA) is 104 Å². The zero-order chi connectivity index (χ0) is 11.6. The Morgan fingerprint density at radius 3 is 2.81 bits per heavy atom. The molecular formula is C8H11N5O2S.